The fraction of sp³-hybridized carbons (Fsp3) is 0.667. The van der Waals surface area contributed by atoms with Gasteiger partial charge in [0.1, 0.15) is 6.02 Å². The molecule has 0 aromatic heterocycles. The second-order valence-electron chi connectivity index (χ2n) is 1.33. The second-order valence-corrected chi connectivity index (χ2v) is 4.32. The number of rotatable bonds is 4. The van der Waals surface area contributed by atoms with Crippen molar-refractivity contribution >= 4 is 25.9 Å². The molecule has 0 rings (SSSR count). The van der Waals surface area contributed by atoms with Crippen molar-refractivity contribution in [3.05, 3.63) is 0 Å². The van der Waals surface area contributed by atoms with Gasteiger partial charge in [0.15, 0.2) is 0 Å². The van der Waals surface area contributed by atoms with Crippen molar-refractivity contribution in [3.8, 4) is 0 Å². The molecule has 8 heteroatoms. The number of carboxylic acids is 1. The van der Waals surface area contributed by atoms with E-state index in [9.17, 15) is 13.2 Å². The molecule has 0 spiro atoms. The number of carbonyl (C=O) groups is 1. The van der Waals surface area contributed by atoms with Crippen molar-refractivity contribution in [2.24, 2.45) is 5.73 Å². The van der Waals surface area contributed by atoms with Gasteiger partial charge in [0.05, 0.1) is 1.37 Å². The molecule has 4 N–H and O–H groups in total. The maximum atomic E-state index is 10.3. The Kier molecular flexibility index (Phi) is 2.21. The minimum absolute atomic E-state index is 0.738. The molecule has 0 aliphatic carbocycles. The normalized spacial score (nSPS) is 22.5. The molecule has 0 aliphatic rings. The molecule has 0 radical (unpaired) electrons. The Morgan fingerprint density at radius 3 is 2.64 bits per heavy atom. The number of hydrogen-bond acceptors (Lipinski definition) is 5. The van der Waals surface area contributed by atoms with Crippen LogP contribution < -0.4 is 5.73 Å². The highest BCUT2D eigenvalue weighted by molar-refractivity contribution is 8.69. The van der Waals surface area contributed by atoms with Crippen LogP contribution in [-0.2, 0) is 13.9 Å². The second kappa shape index (κ2) is 3.90. The highest BCUT2D eigenvalue weighted by atomic mass is 33.1. The summed E-state index contributed by atoms with van der Waals surface area (Å²) in [7, 11) is -5.56. The standard InChI is InChI=1S/C3H7NO5S2/c4-2(3(5)6)1-10-11(7,8)9/h2H,1,4H2,(H,5,6)(H,7,8,9)/i1D2,2D. The first kappa shape index (κ1) is 6.23. The van der Waals surface area contributed by atoms with E-state index in [0.29, 0.717) is 0 Å². The first-order valence-corrected chi connectivity index (χ1v) is 4.88. The van der Waals surface area contributed by atoms with Crippen LogP contribution in [0.25, 0.3) is 0 Å². The van der Waals surface area contributed by atoms with Crippen molar-refractivity contribution in [1.29, 1.82) is 0 Å². The van der Waals surface area contributed by atoms with Crippen LogP contribution in [0.4, 0.5) is 0 Å². The third-order valence-electron chi connectivity index (χ3n) is 0.487. The molecule has 11 heavy (non-hydrogen) atoms. The van der Waals surface area contributed by atoms with Gasteiger partial charge in [-0.25, -0.2) is 0 Å². The summed E-state index contributed by atoms with van der Waals surface area (Å²) >= 11 is 0. The number of hydrogen-bond donors (Lipinski definition) is 3. The van der Waals surface area contributed by atoms with E-state index in [-0.39, 0.29) is 0 Å². The van der Waals surface area contributed by atoms with Gasteiger partial charge in [-0.05, 0) is 10.8 Å². The fourth-order valence-electron chi connectivity index (χ4n) is 0.141. The van der Waals surface area contributed by atoms with Gasteiger partial charge in [0.2, 0.25) is 0 Å². The Bertz CT molecular complexity index is 338. The molecule has 66 valence electrons. The van der Waals surface area contributed by atoms with Gasteiger partial charge in [0.25, 0.3) is 0 Å². The van der Waals surface area contributed by atoms with E-state index < -0.39 is 37.6 Å². The van der Waals surface area contributed by atoms with Gasteiger partial charge < -0.3 is 10.8 Å². The molecule has 1 atom stereocenters. The van der Waals surface area contributed by atoms with Crippen LogP contribution in [0.5, 0.6) is 0 Å². The van der Waals surface area contributed by atoms with Crippen molar-refractivity contribution in [3.63, 3.8) is 0 Å². The lowest BCUT2D eigenvalue weighted by atomic mass is 10.4. The highest BCUT2D eigenvalue weighted by Crippen LogP contribution is 2.09. The molecule has 0 heterocycles. The third kappa shape index (κ3) is 6.10. The van der Waals surface area contributed by atoms with Gasteiger partial charge >= 0.3 is 15.1 Å². The predicted molar refractivity (Wildman–Crippen MR) is 39.6 cm³/mol. The van der Waals surface area contributed by atoms with Gasteiger partial charge in [-0.2, -0.15) is 8.42 Å². The van der Waals surface area contributed by atoms with Crippen molar-refractivity contribution in [2.75, 3.05) is 5.70 Å². The van der Waals surface area contributed by atoms with E-state index in [1.807, 2.05) is 0 Å². The Morgan fingerprint density at radius 1 is 1.91 bits per heavy atom. The van der Waals surface area contributed by atoms with Crippen LogP contribution in [0.3, 0.4) is 0 Å². The summed E-state index contributed by atoms with van der Waals surface area (Å²) in [6.45, 7) is 0. The van der Waals surface area contributed by atoms with E-state index in [1.54, 1.807) is 0 Å². The third-order valence-corrected chi connectivity index (χ3v) is 1.88. The van der Waals surface area contributed by atoms with Crippen LogP contribution >= 0.6 is 10.8 Å². The lowest BCUT2D eigenvalue weighted by molar-refractivity contribution is -0.137. The average Bonchev–Trinajstić information content (AvgIpc) is 1.80. The van der Waals surface area contributed by atoms with Crippen LogP contribution in [-0.4, -0.2) is 35.8 Å². The fourth-order valence-corrected chi connectivity index (χ4v) is 1.01. The number of nitrogens with two attached hydrogens (primary N) is 1. The average molecular weight is 204 g/mol. The minimum atomic E-state index is -4.82. The molecule has 0 saturated carbocycles. The van der Waals surface area contributed by atoms with E-state index in [1.165, 1.54) is 0 Å². The summed E-state index contributed by atoms with van der Waals surface area (Å²) in [5.74, 6) is -2.04. The van der Waals surface area contributed by atoms with Crippen LogP contribution in [0.1, 0.15) is 4.11 Å². The van der Waals surface area contributed by atoms with E-state index in [0.717, 1.165) is 0 Å². The first-order chi connectivity index (χ1) is 5.90. The zero-order chi connectivity index (χ0) is 11.8. The molecule has 0 saturated heterocycles. The topological polar surface area (TPSA) is 118 Å². The molecule has 1 unspecified atom stereocenters. The van der Waals surface area contributed by atoms with Crippen molar-refractivity contribution in [2.45, 2.75) is 6.02 Å². The maximum Gasteiger partial charge on any atom is 0.321 e. The van der Waals surface area contributed by atoms with Gasteiger partial charge in [-0.15, -0.1) is 0 Å². The van der Waals surface area contributed by atoms with E-state index >= 15 is 0 Å². The Morgan fingerprint density at radius 2 is 2.36 bits per heavy atom. The Labute approximate surface area is 71.1 Å². The van der Waals surface area contributed by atoms with Crippen LogP contribution in [0.15, 0.2) is 0 Å². The summed E-state index contributed by atoms with van der Waals surface area (Å²) in [6, 6.07) is -3.17. The van der Waals surface area contributed by atoms with Crippen LogP contribution in [0.2, 0.25) is 0 Å². The summed E-state index contributed by atoms with van der Waals surface area (Å²) < 4.78 is 49.5. The smallest absolute Gasteiger partial charge is 0.321 e. The Balaban J connectivity index is 5.06. The monoisotopic (exact) mass is 204 g/mol. The quantitative estimate of drug-likeness (QED) is 0.394. The predicted octanol–water partition coefficient (Wildman–Crippen LogP) is -1.07. The molecule has 0 aromatic rings. The van der Waals surface area contributed by atoms with Crippen LogP contribution in [0, 0.1) is 0 Å². The first-order valence-electron chi connectivity index (χ1n) is 3.60. The zero-order valence-electron chi connectivity index (χ0n) is 8.01. The zero-order valence-corrected chi connectivity index (χ0v) is 6.65. The molecule has 6 nitrogen and oxygen atoms in total. The van der Waals surface area contributed by atoms with Gasteiger partial charge in [0, 0.05) is 8.45 Å². The highest BCUT2D eigenvalue weighted by Gasteiger charge is 2.15. The molecule has 0 fully saturated rings. The lowest BCUT2D eigenvalue weighted by Crippen LogP contribution is -2.32. The number of aliphatic carboxylic acids is 1. The van der Waals surface area contributed by atoms with Crippen molar-refractivity contribution < 1.29 is 27.0 Å². The van der Waals surface area contributed by atoms with E-state index in [2.05, 4.69) is 0 Å². The summed E-state index contributed by atoms with van der Waals surface area (Å²) in [5, 5.41) is 8.33. The van der Waals surface area contributed by atoms with Gasteiger partial charge in [-0.1, -0.05) is 0 Å². The molecular formula is C3H7NO5S2. The summed E-state index contributed by atoms with van der Waals surface area (Å²) in [5.41, 5.74) is 1.57. The molecule has 0 aromatic carbocycles. The Hall–Kier alpha value is -0.310. The van der Waals surface area contributed by atoms with E-state index in [4.69, 9.17) is 19.5 Å². The van der Waals surface area contributed by atoms with Crippen molar-refractivity contribution in [1.82, 2.24) is 0 Å². The molecule has 0 aliphatic heterocycles. The molecule has 0 bridgehead atoms. The minimum Gasteiger partial charge on any atom is -0.480 e. The van der Waals surface area contributed by atoms with Gasteiger partial charge in [-0.3, -0.25) is 9.35 Å². The largest absolute Gasteiger partial charge is 0.480 e. The number of carboxylic acid groups (broad SMARTS) is 1. The summed E-state index contributed by atoms with van der Waals surface area (Å²) in [6.07, 6.45) is 0. The SMILES string of the molecule is [2H]C([2H])(SS(=O)(=O)O)C([2H])(N)C(=O)O. The summed E-state index contributed by atoms with van der Waals surface area (Å²) in [4.78, 5) is 10.3. The lowest BCUT2D eigenvalue weighted by Gasteiger charge is -2.01. The molecule has 0 amide bonds. The molecular weight excluding hydrogens is 194 g/mol. The maximum absolute atomic E-state index is 10.3.